The molecule has 1 aromatic rings. The predicted octanol–water partition coefficient (Wildman–Crippen LogP) is 2.33. The first kappa shape index (κ1) is 9.53. The average Bonchev–Trinajstić information content (AvgIpc) is 2.47. The van der Waals surface area contributed by atoms with Crippen molar-refractivity contribution in [3.8, 4) is 12.3 Å². The number of hydrogen-bond donors (Lipinski definition) is 0. The number of nitrogens with zero attached hydrogens (tertiary/aromatic N) is 1. The molecule has 12 heavy (non-hydrogen) atoms. The number of hydrogen-bond acceptors (Lipinski definition) is 3. The fraction of sp³-hybridized carbons (Fsp3) is 0.375. The van der Waals surface area contributed by atoms with Crippen LogP contribution in [0.15, 0.2) is 5.38 Å². The lowest BCUT2D eigenvalue weighted by Crippen LogP contribution is -2.04. The summed E-state index contributed by atoms with van der Waals surface area (Å²) in [7, 11) is 0. The number of aromatic nitrogens is 1. The molecule has 0 fully saturated rings. The molecule has 1 unspecified atom stereocenters. The molecule has 0 spiro atoms. The Balaban J connectivity index is 2.39. The van der Waals surface area contributed by atoms with E-state index in [1.807, 2.05) is 12.3 Å². The van der Waals surface area contributed by atoms with Crippen LogP contribution in [0.2, 0.25) is 4.47 Å². The van der Waals surface area contributed by atoms with Crippen LogP contribution in [0.3, 0.4) is 0 Å². The van der Waals surface area contributed by atoms with E-state index in [9.17, 15) is 0 Å². The van der Waals surface area contributed by atoms with Crippen molar-refractivity contribution >= 4 is 22.9 Å². The highest BCUT2D eigenvalue weighted by atomic mass is 35.5. The van der Waals surface area contributed by atoms with Crippen LogP contribution in [-0.4, -0.2) is 11.1 Å². The number of rotatable bonds is 3. The third kappa shape index (κ3) is 2.82. The Morgan fingerprint density at radius 3 is 3.17 bits per heavy atom. The molecule has 0 amide bonds. The van der Waals surface area contributed by atoms with Gasteiger partial charge in [0.05, 0.1) is 12.3 Å². The van der Waals surface area contributed by atoms with E-state index >= 15 is 0 Å². The van der Waals surface area contributed by atoms with Crippen LogP contribution >= 0.6 is 22.9 Å². The van der Waals surface area contributed by atoms with E-state index in [1.165, 1.54) is 11.3 Å². The molecule has 1 atom stereocenters. The van der Waals surface area contributed by atoms with Crippen molar-refractivity contribution in [2.45, 2.75) is 19.6 Å². The van der Waals surface area contributed by atoms with Gasteiger partial charge < -0.3 is 4.74 Å². The standard InChI is InChI=1S/C8H8ClNOS/c1-3-6(2)11-4-7-5-12-8(9)10-7/h1,5-6H,4H2,2H3. The lowest BCUT2D eigenvalue weighted by molar-refractivity contribution is 0.0882. The summed E-state index contributed by atoms with van der Waals surface area (Å²) in [6.07, 6.45) is 4.95. The quantitative estimate of drug-likeness (QED) is 0.701. The van der Waals surface area contributed by atoms with Gasteiger partial charge in [-0.1, -0.05) is 17.5 Å². The van der Waals surface area contributed by atoms with Gasteiger partial charge in [0.2, 0.25) is 0 Å². The fourth-order valence-corrected chi connectivity index (χ4v) is 1.37. The molecule has 0 aliphatic heterocycles. The Morgan fingerprint density at radius 2 is 2.67 bits per heavy atom. The maximum Gasteiger partial charge on any atom is 0.183 e. The first-order valence-electron chi connectivity index (χ1n) is 3.40. The van der Waals surface area contributed by atoms with Crippen molar-refractivity contribution in [3.05, 3.63) is 15.5 Å². The number of thiazole rings is 1. The minimum atomic E-state index is -0.175. The SMILES string of the molecule is C#CC(C)OCc1csc(Cl)n1. The maximum absolute atomic E-state index is 5.62. The highest BCUT2D eigenvalue weighted by molar-refractivity contribution is 7.13. The van der Waals surface area contributed by atoms with E-state index in [0.717, 1.165) is 5.69 Å². The summed E-state index contributed by atoms with van der Waals surface area (Å²) in [5.41, 5.74) is 0.826. The van der Waals surface area contributed by atoms with E-state index < -0.39 is 0 Å². The zero-order valence-corrected chi connectivity index (χ0v) is 8.15. The van der Waals surface area contributed by atoms with E-state index in [4.69, 9.17) is 22.8 Å². The molecule has 1 heterocycles. The average molecular weight is 202 g/mol. The maximum atomic E-state index is 5.62. The van der Waals surface area contributed by atoms with Crippen molar-refractivity contribution in [2.75, 3.05) is 0 Å². The van der Waals surface area contributed by atoms with Crippen LogP contribution in [0.25, 0.3) is 0 Å². The smallest absolute Gasteiger partial charge is 0.183 e. The highest BCUT2D eigenvalue weighted by Gasteiger charge is 2.01. The zero-order valence-electron chi connectivity index (χ0n) is 6.58. The molecule has 4 heteroatoms. The monoisotopic (exact) mass is 201 g/mol. The van der Waals surface area contributed by atoms with Crippen LogP contribution in [0.1, 0.15) is 12.6 Å². The van der Waals surface area contributed by atoms with Crippen molar-refractivity contribution in [3.63, 3.8) is 0 Å². The molecule has 1 aromatic heterocycles. The third-order valence-electron chi connectivity index (χ3n) is 1.24. The highest BCUT2D eigenvalue weighted by Crippen LogP contribution is 2.15. The summed E-state index contributed by atoms with van der Waals surface area (Å²) in [6.45, 7) is 2.24. The molecular weight excluding hydrogens is 194 g/mol. The molecule has 0 bridgehead atoms. The van der Waals surface area contributed by atoms with Crippen LogP contribution in [0.4, 0.5) is 0 Å². The summed E-state index contributed by atoms with van der Waals surface area (Å²) in [5.74, 6) is 2.46. The molecule has 2 nitrogen and oxygen atoms in total. The van der Waals surface area contributed by atoms with Crippen LogP contribution in [-0.2, 0) is 11.3 Å². The second-order valence-corrected chi connectivity index (χ2v) is 3.65. The second-order valence-electron chi connectivity index (χ2n) is 2.21. The summed E-state index contributed by atoms with van der Waals surface area (Å²) >= 11 is 7.01. The van der Waals surface area contributed by atoms with Gasteiger partial charge >= 0.3 is 0 Å². The van der Waals surface area contributed by atoms with Gasteiger partial charge in [0.25, 0.3) is 0 Å². The Labute approximate surface area is 80.5 Å². The normalized spacial score (nSPS) is 12.4. The third-order valence-corrected chi connectivity index (χ3v) is 2.27. The Morgan fingerprint density at radius 1 is 1.92 bits per heavy atom. The van der Waals surface area contributed by atoms with Crippen LogP contribution in [0, 0.1) is 12.3 Å². The minimum Gasteiger partial charge on any atom is -0.360 e. The molecule has 0 aromatic carbocycles. The van der Waals surface area contributed by atoms with Gasteiger partial charge in [-0.15, -0.1) is 17.8 Å². The van der Waals surface area contributed by atoms with Crippen molar-refractivity contribution in [1.29, 1.82) is 0 Å². The van der Waals surface area contributed by atoms with Gasteiger partial charge in [-0.25, -0.2) is 4.98 Å². The Kier molecular flexibility index (Phi) is 3.54. The summed E-state index contributed by atoms with van der Waals surface area (Å²) in [4.78, 5) is 4.01. The molecule has 64 valence electrons. The molecule has 0 saturated carbocycles. The van der Waals surface area contributed by atoms with E-state index in [2.05, 4.69) is 10.9 Å². The van der Waals surface area contributed by atoms with Gasteiger partial charge in [-0.05, 0) is 6.92 Å². The van der Waals surface area contributed by atoms with Gasteiger partial charge in [0.1, 0.15) is 6.10 Å². The van der Waals surface area contributed by atoms with Gasteiger partial charge in [0, 0.05) is 5.38 Å². The summed E-state index contributed by atoms with van der Waals surface area (Å²) in [5, 5.41) is 1.85. The largest absolute Gasteiger partial charge is 0.360 e. The molecular formula is C8H8ClNOS. The van der Waals surface area contributed by atoms with Crippen molar-refractivity contribution < 1.29 is 4.74 Å². The van der Waals surface area contributed by atoms with Gasteiger partial charge in [-0.2, -0.15) is 0 Å². The molecule has 0 aliphatic carbocycles. The molecule has 1 rings (SSSR count). The Hall–Kier alpha value is -0.560. The van der Waals surface area contributed by atoms with Crippen LogP contribution in [0.5, 0.6) is 0 Å². The lowest BCUT2D eigenvalue weighted by atomic mass is 10.4. The lowest BCUT2D eigenvalue weighted by Gasteiger charge is -2.03. The molecule has 0 N–H and O–H groups in total. The first-order chi connectivity index (χ1) is 5.72. The van der Waals surface area contributed by atoms with Gasteiger partial charge in [-0.3, -0.25) is 0 Å². The first-order valence-corrected chi connectivity index (χ1v) is 4.65. The Bertz CT molecular complexity index is 291. The van der Waals surface area contributed by atoms with Crippen molar-refractivity contribution in [2.24, 2.45) is 0 Å². The number of terminal acetylenes is 1. The van der Waals surface area contributed by atoms with E-state index in [1.54, 1.807) is 0 Å². The fourth-order valence-electron chi connectivity index (χ4n) is 0.607. The minimum absolute atomic E-state index is 0.175. The molecule has 0 radical (unpaired) electrons. The number of ether oxygens (including phenoxy) is 1. The van der Waals surface area contributed by atoms with Crippen LogP contribution < -0.4 is 0 Å². The predicted molar refractivity (Wildman–Crippen MR) is 50.2 cm³/mol. The van der Waals surface area contributed by atoms with E-state index in [0.29, 0.717) is 11.1 Å². The van der Waals surface area contributed by atoms with Crippen molar-refractivity contribution in [1.82, 2.24) is 4.98 Å². The topological polar surface area (TPSA) is 22.1 Å². The second kappa shape index (κ2) is 4.46. The summed E-state index contributed by atoms with van der Waals surface area (Å²) in [6, 6.07) is 0. The zero-order chi connectivity index (χ0) is 8.97. The number of halogens is 1. The molecule has 0 aliphatic rings. The van der Waals surface area contributed by atoms with E-state index in [-0.39, 0.29) is 6.10 Å². The summed E-state index contributed by atoms with van der Waals surface area (Å²) < 4.78 is 5.77. The van der Waals surface area contributed by atoms with Gasteiger partial charge in [0.15, 0.2) is 4.47 Å². The molecule has 0 saturated heterocycles.